The maximum Gasteiger partial charge on any atom is 0.418 e. The highest BCUT2D eigenvalue weighted by Crippen LogP contribution is 2.35. The summed E-state index contributed by atoms with van der Waals surface area (Å²) in [6, 6.07) is 9.25. The second-order valence-electron chi connectivity index (χ2n) is 5.73. The number of nitrogens with one attached hydrogen (secondary N) is 1. The molecule has 2 rings (SSSR count). The van der Waals surface area contributed by atoms with Crippen LogP contribution >= 0.6 is 0 Å². The van der Waals surface area contributed by atoms with E-state index in [1.165, 1.54) is 32.4 Å². The summed E-state index contributed by atoms with van der Waals surface area (Å²) in [7, 11) is 2.89. The fraction of sp³-hybridized carbons (Fsp3) is 0.200. The second-order valence-corrected chi connectivity index (χ2v) is 5.73. The van der Waals surface area contributed by atoms with Crippen molar-refractivity contribution in [2.45, 2.75) is 13.1 Å². The molecular formula is C20H18F3NO4. The van der Waals surface area contributed by atoms with E-state index in [2.05, 4.69) is 5.32 Å². The van der Waals surface area contributed by atoms with Crippen LogP contribution in [0.5, 0.6) is 11.5 Å². The van der Waals surface area contributed by atoms with Gasteiger partial charge in [0.25, 0.3) is 5.91 Å². The van der Waals surface area contributed by atoms with Gasteiger partial charge in [-0.3, -0.25) is 9.59 Å². The number of benzene rings is 2. The van der Waals surface area contributed by atoms with Crippen molar-refractivity contribution in [3.63, 3.8) is 0 Å². The summed E-state index contributed by atoms with van der Waals surface area (Å²) in [4.78, 5) is 24.4. The number of ether oxygens (including phenoxy) is 2. The van der Waals surface area contributed by atoms with E-state index in [4.69, 9.17) is 9.47 Å². The van der Waals surface area contributed by atoms with Gasteiger partial charge in [-0.05, 0) is 42.8 Å². The van der Waals surface area contributed by atoms with Crippen molar-refractivity contribution in [3.05, 3.63) is 59.2 Å². The largest absolute Gasteiger partial charge is 0.493 e. The summed E-state index contributed by atoms with van der Waals surface area (Å²) in [6.45, 7) is 1.15. The van der Waals surface area contributed by atoms with Crippen LogP contribution in [0, 0.1) is 0 Å². The fourth-order valence-electron chi connectivity index (χ4n) is 2.47. The average molecular weight is 393 g/mol. The molecule has 2 aromatic rings. The van der Waals surface area contributed by atoms with Gasteiger partial charge in [0.15, 0.2) is 17.3 Å². The molecule has 0 aliphatic carbocycles. The molecule has 0 aromatic heterocycles. The first-order chi connectivity index (χ1) is 13.2. The van der Waals surface area contributed by atoms with Gasteiger partial charge in [0, 0.05) is 0 Å². The van der Waals surface area contributed by atoms with Gasteiger partial charge in [0.2, 0.25) is 0 Å². The molecule has 5 nitrogen and oxygen atoms in total. The highest BCUT2D eigenvalue weighted by Gasteiger charge is 2.33. The predicted octanol–water partition coefficient (Wildman–Crippen LogP) is 4.33. The standard InChI is InChI=1S/C20H18F3NO4/c1-12(25)14(10-13-8-9-17(27-2)18(11-13)28-3)19(26)24-16-7-5-4-6-15(16)20(21,22)23/h4-11H,1-3H3,(H,24,26)/b14-10+. The van der Waals surface area contributed by atoms with Crippen LogP contribution in [0.3, 0.4) is 0 Å². The summed E-state index contributed by atoms with van der Waals surface area (Å²) >= 11 is 0. The average Bonchev–Trinajstić information content (AvgIpc) is 2.65. The van der Waals surface area contributed by atoms with Gasteiger partial charge in [-0.2, -0.15) is 13.2 Å². The molecule has 0 bridgehead atoms. The molecule has 0 unspecified atom stereocenters. The van der Waals surface area contributed by atoms with Crippen LogP contribution in [0.2, 0.25) is 0 Å². The van der Waals surface area contributed by atoms with Gasteiger partial charge in [-0.25, -0.2) is 0 Å². The van der Waals surface area contributed by atoms with Crippen LogP contribution in [-0.4, -0.2) is 25.9 Å². The quantitative estimate of drug-likeness (QED) is 0.451. The zero-order valence-electron chi connectivity index (χ0n) is 15.4. The number of carbonyl (C=O) groups excluding carboxylic acids is 2. The molecule has 0 aliphatic rings. The molecule has 8 heteroatoms. The minimum Gasteiger partial charge on any atom is -0.493 e. The predicted molar refractivity (Wildman–Crippen MR) is 98.3 cm³/mol. The number of hydrogen-bond donors (Lipinski definition) is 1. The van der Waals surface area contributed by atoms with Gasteiger partial charge in [0.1, 0.15) is 0 Å². The molecule has 0 fully saturated rings. The summed E-state index contributed by atoms with van der Waals surface area (Å²) in [5, 5.41) is 2.17. The molecule has 148 valence electrons. The Balaban J connectivity index is 2.39. The Hall–Kier alpha value is -3.29. The van der Waals surface area contributed by atoms with Crippen LogP contribution in [0.25, 0.3) is 6.08 Å². The lowest BCUT2D eigenvalue weighted by molar-refractivity contribution is -0.137. The van der Waals surface area contributed by atoms with Crippen LogP contribution in [-0.2, 0) is 15.8 Å². The number of methoxy groups -OCH3 is 2. The number of anilines is 1. The highest BCUT2D eigenvalue weighted by atomic mass is 19.4. The first-order valence-corrected chi connectivity index (χ1v) is 8.09. The lowest BCUT2D eigenvalue weighted by Gasteiger charge is -2.14. The van der Waals surface area contributed by atoms with Crippen LogP contribution in [0.15, 0.2) is 48.0 Å². The Morgan fingerprint density at radius 1 is 1.00 bits per heavy atom. The summed E-state index contributed by atoms with van der Waals surface area (Å²) < 4.78 is 49.6. The van der Waals surface area contributed by atoms with Gasteiger partial charge in [-0.1, -0.05) is 18.2 Å². The van der Waals surface area contributed by atoms with Crippen LogP contribution in [0.1, 0.15) is 18.1 Å². The SMILES string of the molecule is COc1ccc(/C=C(\C(C)=O)C(=O)Nc2ccccc2C(F)(F)F)cc1OC. The van der Waals surface area contributed by atoms with Gasteiger partial charge in [0.05, 0.1) is 31.0 Å². The van der Waals surface area contributed by atoms with E-state index in [9.17, 15) is 22.8 Å². The minimum atomic E-state index is -4.65. The first-order valence-electron chi connectivity index (χ1n) is 8.09. The highest BCUT2D eigenvalue weighted by molar-refractivity contribution is 6.25. The molecule has 1 amide bonds. The Labute approximate surface area is 159 Å². The van der Waals surface area contributed by atoms with Gasteiger partial charge < -0.3 is 14.8 Å². The lowest BCUT2D eigenvalue weighted by atomic mass is 10.1. The number of Topliss-reactive ketones (excluding diaryl/α,β-unsaturated/α-hetero) is 1. The smallest absolute Gasteiger partial charge is 0.418 e. The zero-order valence-corrected chi connectivity index (χ0v) is 15.4. The molecule has 0 atom stereocenters. The van der Waals surface area contributed by atoms with E-state index < -0.39 is 29.1 Å². The molecule has 2 aromatic carbocycles. The van der Waals surface area contributed by atoms with Crippen molar-refractivity contribution < 1.29 is 32.2 Å². The van der Waals surface area contributed by atoms with E-state index in [1.54, 1.807) is 18.2 Å². The number of halogens is 3. The monoisotopic (exact) mass is 393 g/mol. The van der Waals surface area contributed by atoms with E-state index in [1.807, 2.05) is 0 Å². The molecule has 0 spiro atoms. The third-order valence-corrected chi connectivity index (χ3v) is 3.82. The molecule has 0 saturated carbocycles. The number of ketones is 1. The maximum absolute atomic E-state index is 13.1. The van der Waals surface area contributed by atoms with E-state index in [0.29, 0.717) is 17.1 Å². The Bertz CT molecular complexity index is 920. The molecule has 1 N–H and O–H groups in total. The second kappa shape index (κ2) is 8.60. The number of hydrogen-bond acceptors (Lipinski definition) is 4. The first kappa shape index (κ1) is 21.0. The molecule has 0 radical (unpaired) electrons. The lowest BCUT2D eigenvalue weighted by Crippen LogP contribution is -2.21. The van der Waals surface area contributed by atoms with Crippen molar-refractivity contribution in [1.29, 1.82) is 0 Å². The Morgan fingerprint density at radius 2 is 1.64 bits per heavy atom. The number of carbonyl (C=O) groups is 2. The number of para-hydroxylation sites is 1. The van der Waals surface area contributed by atoms with E-state index in [-0.39, 0.29) is 5.57 Å². The van der Waals surface area contributed by atoms with Crippen molar-refractivity contribution in [1.82, 2.24) is 0 Å². The van der Waals surface area contributed by atoms with Crippen LogP contribution in [0.4, 0.5) is 18.9 Å². The Morgan fingerprint density at radius 3 is 2.21 bits per heavy atom. The minimum absolute atomic E-state index is 0.302. The van der Waals surface area contributed by atoms with Crippen molar-refractivity contribution in [3.8, 4) is 11.5 Å². The third kappa shape index (κ3) is 4.91. The summed E-state index contributed by atoms with van der Waals surface area (Å²) in [6.07, 6.45) is -3.37. The van der Waals surface area contributed by atoms with Crippen molar-refractivity contribution >= 4 is 23.5 Å². The van der Waals surface area contributed by atoms with Gasteiger partial charge >= 0.3 is 6.18 Å². The molecule has 0 saturated heterocycles. The maximum atomic E-state index is 13.1. The van der Waals surface area contributed by atoms with Crippen molar-refractivity contribution in [2.24, 2.45) is 0 Å². The van der Waals surface area contributed by atoms with E-state index in [0.717, 1.165) is 19.1 Å². The summed E-state index contributed by atoms with van der Waals surface area (Å²) in [5.41, 5.74) is -1.29. The molecule has 0 heterocycles. The Kier molecular flexibility index (Phi) is 6.45. The normalized spacial score (nSPS) is 11.7. The number of amides is 1. The molecular weight excluding hydrogens is 375 g/mol. The fourth-order valence-corrected chi connectivity index (χ4v) is 2.47. The number of rotatable bonds is 6. The number of alkyl halides is 3. The molecule has 0 aliphatic heterocycles. The van der Waals surface area contributed by atoms with Crippen molar-refractivity contribution in [2.75, 3.05) is 19.5 Å². The zero-order chi connectivity index (χ0) is 20.9. The molecule has 28 heavy (non-hydrogen) atoms. The third-order valence-electron chi connectivity index (χ3n) is 3.82. The van der Waals surface area contributed by atoms with Gasteiger partial charge in [-0.15, -0.1) is 0 Å². The topological polar surface area (TPSA) is 64.6 Å². The van der Waals surface area contributed by atoms with E-state index >= 15 is 0 Å². The van der Waals surface area contributed by atoms with Crippen LogP contribution < -0.4 is 14.8 Å². The summed E-state index contributed by atoms with van der Waals surface area (Å²) in [5.74, 6) is -0.717.